The summed E-state index contributed by atoms with van der Waals surface area (Å²) in [6.07, 6.45) is 4.89. The highest BCUT2D eigenvalue weighted by atomic mass is 16.4. The van der Waals surface area contributed by atoms with Gasteiger partial charge in [-0.15, -0.1) is 0 Å². The second-order valence-corrected chi connectivity index (χ2v) is 3.23. The van der Waals surface area contributed by atoms with Crippen LogP contribution in [0.2, 0.25) is 0 Å². The quantitative estimate of drug-likeness (QED) is 0.744. The van der Waals surface area contributed by atoms with Crippen molar-refractivity contribution in [2.45, 2.75) is 25.2 Å². The summed E-state index contributed by atoms with van der Waals surface area (Å²) in [5.74, 6) is 0.0911. The minimum absolute atomic E-state index is 0.0944. The van der Waals surface area contributed by atoms with E-state index in [9.17, 15) is 4.79 Å². The Morgan fingerprint density at radius 2 is 2.31 bits per heavy atom. The Bertz CT molecular complexity index is 334. The number of rotatable bonds is 2. The van der Waals surface area contributed by atoms with Crippen LogP contribution in [0, 0.1) is 0 Å². The highest BCUT2D eigenvalue weighted by molar-refractivity contribution is 5.85. The van der Waals surface area contributed by atoms with Crippen LogP contribution in [0.3, 0.4) is 0 Å². The van der Waals surface area contributed by atoms with Crippen molar-refractivity contribution in [1.82, 2.24) is 9.97 Å². The maximum atomic E-state index is 10.6. The number of aromatic carboxylic acids is 1. The highest BCUT2D eigenvalue weighted by Crippen LogP contribution is 2.33. The smallest absolute Gasteiger partial charge is 0.354 e. The molecule has 1 heterocycles. The van der Waals surface area contributed by atoms with Crippen LogP contribution >= 0.6 is 0 Å². The van der Waals surface area contributed by atoms with Crippen molar-refractivity contribution in [2.75, 3.05) is 0 Å². The molecule has 2 rings (SSSR count). The van der Waals surface area contributed by atoms with Gasteiger partial charge in [-0.3, -0.25) is 0 Å². The van der Waals surface area contributed by atoms with Crippen molar-refractivity contribution in [2.24, 2.45) is 0 Å². The molecule has 1 aromatic heterocycles. The summed E-state index contributed by atoms with van der Waals surface area (Å²) in [6.45, 7) is 0. The van der Waals surface area contributed by atoms with E-state index in [1.807, 2.05) is 0 Å². The van der Waals surface area contributed by atoms with Crippen LogP contribution in [-0.4, -0.2) is 21.0 Å². The molecule has 1 fully saturated rings. The predicted molar refractivity (Wildman–Crippen MR) is 45.6 cm³/mol. The second-order valence-electron chi connectivity index (χ2n) is 3.23. The van der Waals surface area contributed by atoms with Gasteiger partial charge >= 0.3 is 5.97 Å². The van der Waals surface area contributed by atoms with Crippen molar-refractivity contribution in [3.63, 3.8) is 0 Å². The Morgan fingerprint density at radius 3 is 2.85 bits per heavy atom. The van der Waals surface area contributed by atoms with E-state index in [0.29, 0.717) is 11.7 Å². The van der Waals surface area contributed by atoms with Gasteiger partial charge in [-0.05, 0) is 18.9 Å². The van der Waals surface area contributed by atoms with E-state index < -0.39 is 5.97 Å². The lowest BCUT2D eigenvalue weighted by Crippen LogP contribution is -2.14. The average molecular weight is 178 g/mol. The van der Waals surface area contributed by atoms with E-state index in [1.165, 1.54) is 18.7 Å². The maximum Gasteiger partial charge on any atom is 0.354 e. The molecule has 4 heteroatoms. The van der Waals surface area contributed by atoms with Gasteiger partial charge in [-0.2, -0.15) is 0 Å². The van der Waals surface area contributed by atoms with Gasteiger partial charge in [0.15, 0.2) is 5.69 Å². The van der Waals surface area contributed by atoms with Crippen molar-refractivity contribution in [3.05, 3.63) is 23.8 Å². The molecule has 13 heavy (non-hydrogen) atoms. The zero-order chi connectivity index (χ0) is 9.26. The molecule has 1 aromatic rings. The first-order valence-corrected chi connectivity index (χ1v) is 4.33. The third kappa shape index (κ3) is 1.52. The fourth-order valence-electron chi connectivity index (χ4n) is 1.36. The van der Waals surface area contributed by atoms with Crippen LogP contribution < -0.4 is 0 Å². The van der Waals surface area contributed by atoms with Crippen LogP contribution in [0.4, 0.5) is 0 Å². The molecule has 0 unspecified atom stereocenters. The topological polar surface area (TPSA) is 63.1 Å². The summed E-state index contributed by atoms with van der Waals surface area (Å²) in [5, 5.41) is 8.69. The van der Waals surface area contributed by atoms with E-state index in [2.05, 4.69) is 9.97 Å². The Morgan fingerprint density at radius 1 is 1.54 bits per heavy atom. The molecule has 0 saturated heterocycles. The number of hydrogen-bond donors (Lipinski definition) is 1. The number of hydrogen-bond acceptors (Lipinski definition) is 3. The average Bonchev–Trinajstić information content (AvgIpc) is 2.01. The molecule has 0 aliphatic heterocycles. The van der Waals surface area contributed by atoms with E-state index in [4.69, 9.17) is 5.11 Å². The van der Waals surface area contributed by atoms with Crippen molar-refractivity contribution < 1.29 is 9.90 Å². The Balaban J connectivity index is 2.26. The number of nitrogens with zero attached hydrogens (tertiary/aromatic N) is 2. The van der Waals surface area contributed by atoms with Crippen molar-refractivity contribution in [1.29, 1.82) is 0 Å². The van der Waals surface area contributed by atoms with Crippen LogP contribution in [0.15, 0.2) is 12.3 Å². The molecule has 1 aliphatic carbocycles. The molecule has 0 amide bonds. The minimum atomic E-state index is -0.983. The van der Waals surface area contributed by atoms with E-state index >= 15 is 0 Å². The van der Waals surface area contributed by atoms with E-state index in [-0.39, 0.29) is 5.69 Å². The first-order valence-electron chi connectivity index (χ1n) is 4.33. The Kier molecular flexibility index (Phi) is 1.96. The molecule has 0 radical (unpaired) electrons. The maximum absolute atomic E-state index is 10.6. The first-order chi connectivity index (χ1) is 6.27. The zero-order valence-electron chi connectivity index (χ0n) is 7.10. The lowest BCUT2D eigenvalue weighted by Gasteiger charge is -2.23. The number of carboxylic acid groups (broad SMARTS) is 1. The minimum Gasteiger partial charge on any atom is -0.477 e. The third-order valence-electron chi connectivity index (χ3n) is 2.36. The van der Waals surface area contributed by atoms with Gasteiger partial charge in [0.25, 0.3) is 0 Å². The predicted octanol–water partition coefficient (Wildman–Crippen LogP) is 1.44. The Hall–Kier alpha value is -1.45. The monoisotopic (exact) mass is 178 g/mol. The number of aromatic nitrogens is 2. The lowest BCUT2D eigenvalue weighted by molar-refractivity contribution is 0.0689. The van der Waals surface area contributed by atoms with E-state index in [0.717, 1.165) is 12.8 Å². The molecule has 1 saturated carbocycles. The largest absolute Gasteiger partial charge is 0.477 e. The summed E-state index contributed by atoms with van der Waals surface area (Å²) >= 11 is 0. The van der Waals surface area contributed by atoms with Gasteiger partial charge in [0.05, 0.1) is 0 Å². The van der Waals surface area contributed by atoms with Crippen LogP contribution in [-0.2, 0) is 0 Å². The highest BCUT2D eigenvalue weighted by Gasteiger charge is 2.22. The molecule has 4 nitrogen and oxygen atoms in total. The fraction of sp³-hybridized carbons (Fsp3) is 0.444. The normalized spacial score (nSPS) is 16.6. The standard InChI is InChI=1S/C9H10N2O2/c12-9(13)7-4-5-10-8(11-7)6-2-1-3-6/h4-6H,1-3H2,(H,12,13). The molecular weight excluding hydrogens is 168 g/mol. The summed E-state index contributed by atoms with van der Waals surface area (Å²) < 4.78 is 0. The van der Waals surface area contributed by atoms with Gasteiger partial charge in [0.2, 0.25) is 0 Å². The summed E-state index contributed by atoms with van der Waals surface area (Å²) in [7, 11) is 0. The summed E-state index contributed by atoms with van der Waals surface area (Å²) in [6, 6.07) is 1.42. The van der Waals surface area contributed by atoms with Crippen LogP contribution in [0.1, 0.15) is 41.5 Å². The summed E-state index contributed by atoms with van der Waals surface area (Å²) in [4.78, 5) is 18.6. The SMILES string of the molecule is O=C(O)c1ccnc(C2CCC2)n1. The first kappa shape index (κ1) is 8.16. The molecular formula is C9H10N2O2. The lowest BCUT2D eigenvalue weighted by atomic mass is 9.85. The fourth-order valence-corrected chi connectivity index (χ4v) is 1.36. The third-order valence-corrected chi connectivity index (χ3v) is 2.36. The number of carboxylic acids is 1. The molecule has 1 aliphatic rings. The molecule has 68 valence electrons. The van der Waals surface area contributed by atoms with E-state index in [1.54, 1.807) is 0 Å². The van der Waals surface area contributed by atoms with Crippen molar-refractivity contribution >= 4 is 5.97 Å². The Labute approximate surface area is 75.6 Å². The van der Waals surface area contributed by atoms with Gasteiger partial charge in [0.1, 0.15) is 5.82 Å². The molecule has 0 aromatic carbocycles. The van der Waals surface area contributed by atoms with Gasteiger partial charge < -0.3 is 5.11 Å². The molecule has 1 N–H and O–H groups in total. The molecule has 0 bridgehead atoms. The number of carbonyl (C=O) groups is 1. The van der Waals surface area contributed by atoms with Crippen LogP contribution in [0.5, 0.6) is 0 Å². The van der Waals surface area contributed by atoms with Gasteiger partial charge in [-0.25, -0.2) is 14.8 Å². The second kappa shape index (κ2) is 3.12. The van der Waals surface area contributed by atoms with Gasteiger partial charge in [0, 0.05) is 12.1 Å². The molecule has 0 atom stereocenters. The van der Waals surface area contributed by atoms with Crippen molar-refractivity contribution in [3.8, 4) is 0 Å². The molecule has 0 spiro atoms. The van der Waals surface area contributed by atoms with Gasteiger partial charge in [-0.1, -0.05) is 6.42 Å². The zero-order valence-corrected chi connectivity index (χ0v) is 7.10. The summed E-state index contributed by atoms with van der Waals surface area (Å²) in [5.41, 5.74) is 0.0944. The van der Waals surface area contributed by atoms with Crippen LogP contribution in [0.25, 0.3) is 0 Å².